The molecule has 2 rings (SSSR count). The maximum Gasteiger partial charge on any atom is 0.276 e. The maximum atomic E-state index is 11.8. The van der Waals surface area contributed by atoms with Crippen LogP contribution in [0.5, 0.6) is 0 Å². The van der Waals surface area contributed by atoms with Gasteiger partial charge in [0.25, 0.3) is 5.91 Å². The Morgan fingerprint density at radius 3 is 3.00 bits per heavy atom. The summed E-state index contributed by atoms with van der Waals surface area (Å²) in [5.74, 6) is 0.677. The average Bonchev–Trinajstić information content (AvgIpc) is 2.64. The highest BCUT2D eigenvalue weighted by atomic mass is 79.9. The lowest BCUT2D eigenvalue weighted by Gasteiger charge is -2.01. The van der Waals surface area contributed by atoms with Crippen molar-refractivity contribution in [3.63, 3.8) is 0 Å². The van der Waals surface area contributed by atoms with Crippen LogP contribution in [0.25, 0.3) is 0 Å². The minimum atomic E-state index is -0.333. The quantitative estimate of drug-likeness (QED) is 0.918. The predicted molar refractivity (Wildman–Crippen MR) is 61.1 cm³/mol. The Morgan fingerprint density at radius 1 is 1.56 bits per heavy atom. The molecule has 0 saturated heterocycles. The molecule has 0 saturated carbocycles. The standard InChI is InChI=1S/C10H8BrN3O2/c1-6-5-8(14-16-6)13-10(15)9-7(11)3-2-4-12-9/h2-5H,1H3,(H,13,14,15). The number of rotatable bonds is 2. The zero-order valence-electron chi connectivity index (χ0n) is 8.40. The number of carbonyl (C=O) groups excluding carboxylic acids is 1. The van der Waals surface area contributed by atoms with Gasteiger partial charge in [0.2, 0.25) is 0 Å². The van der Waals surface area contributed by atoms with Gasteiger partial charge in [-0.3, -0.25) is 4.79 Å². The van der Waals surface area contributed by atoms with Crippen molar-refractivity contribution in [2.24, 2.45) is 0 Å². The van der Waals surface area contributed by atoms with Crippen molar-refractivity contribution in [1.82, 2.24) is 10.1 Å². The Bertz CT molecular complexity index is 524. The van der Waals surface area contributed by atoms with Gasteiger partial charge in [-0.2, -0.15) is 0 Å². The first-order valence-corrected chi connectivity index (χ1v) is 5.31. The van der Waals surface area contributed by atoms with Gasteiger partial charge in [0.15, 0.2) is 5.82 Å². The topological polar surface area (TPSA) is 68.0 Å². The second-order valence-corrected chi connectivity index (χ2v) is 3.97. The van der Waals surface area contributed by atoms with E-state index in [2.05, 4.69) is 31.4 Å². The lowest BCUT2D eigenvalue weighted by molar-refractivity contribution is 0.102. The van der Waals surface area contributed by atoms with Crippen LogP contribution in [0.2, 0.25) is 0 Å². The number of amides is 1. The third-order valence-corrected chi connectivity index (χ3v) is 2.48. The summed E-state index contributed by atoms with van der Waals surface area (Å²) in [6, 6.07) is 5.12. The minimum absolute atomic E-state index is 0.308. The second kappa shape index (κ2) is 4.44. The summed E-state index contributed by atoms with van der Waals surface area (Å²) in [5, 5.41) is 6.24. The molecule has 2 aromatic rings. The van der Waals surface area contributed by atoms with Crippen LogP contribution >= 0.6 is 15.9 Å². The van der Waals surface area contributed by atoms with Gasteiger partial charge < -0.3 is 9.84 Å². The molecule has 0 aromatic carbocycles. The normalized spacial score (nSPS) is 10.1. The summed E-state index contributed by atoms with van der Waals surface area (Å²) in [6.07, 6.45) is 1.55. The van der Waals surface area contributed by atoms with Crippen LogP contribution in [0.15, 0.2) is 33.4 Å². The number of carbonyl (C=O) groups is 1. The highest BCUT2D eigenvalue weighted by Gasteiger charge is 2.12. The summed E-state index contributed by atoms with van der Waals surface area (Å²) in [7, 11) is 0. The molecule has 0 bridgehead atoms. The molecule has 0 aliphatic carbocycles. The number of halogens is 1. The fraction of sp³-hybridized carbons (Fsp3) is 0.100. The van der Waals surface area contributed by atoms with Crippen LogP contribution in [0, 0.1) is 6.92 Å². The fourth-order valence-electron chi connectivity index (χ4n) is 1.15. The summed E-state index contributed by atoms with van der Waals surface area (Å²) in [4.78, 5) is 15.7. The maximum absolute atomic E-state index is 11.8. The lowest BCUT2D eigenvalue weighted by Crippen LogP contribution is -2.14. The van der Waals surface area contributed by atoms with E-state index in [4.69, 9.17) is 4.52 Å². The van der Waals surface area contributed by atoms with Gasteiger partial charge in [0.05, 0.1) is 0 Å². The van der Waals surface area contributed by atoms with Crippen LogP contribution in [0.4, 0.5) is 5.82 Å². The molecule has 0 spiro atoms. The Hall–Kier alpha value is -1.69. The zero-order chi connectivity index (χ0) is 11.5. The monoisotopic (exact) mass is 281 g/mol. The Morgan fingerprint density at radius 2 is 2.38 bits per heavy atom. The van der Waals surface area contributed by atoms with E-state index in [1.165, 1.54) is 0 Å². The second-order valence-electron chi connectivity index (χ2n) is 3.11. The molecule has 16 heavy (non-hydrogen) atoms. The molecule has 2 heterocycles. The molecule has 1 N–H and O–H groups in total. The number of nitrogens with one attached hydrogen (secondary N) is 1. The molecule has 0 unspecified atom stereocenters. The van der Waals surface area contributed by atoms with E-state index in [0.717, 1.165) is 0 Å². The van der Waals surface area contributed by atoms with E-state index in [1.807, 2.05) is 0 Å². The van der Waals surface area contributed by atoms with Crippen molar-refractivity contribution < 1.29 is 9.32 Å². The van der Waals surface area contributed by atoms with E-state index in [0.29, 0.717) is 21.7 Å². The molecule has 0 aliphatic rings. The molecule has 0 aliphatic heterocycles. The largest absolute Gasteiger partial charge is 0.360 e. The molecule has 2 aromatic heterocycles. The first-order chi connectivity index (χ1) is 7.66. The summed E-state index contributed by atoms with van der Waals surface area (Å²) in [5.41, 5.74) is 0.308. The van der Waals surface area contributed by atoms with Crippen molar-refractivity contribution in [3.8, 4) is 0 Å². The fourth-order valence-corrected chi connectivity index (χ4v) is 1.59. The van der Waals surface area contributed by atoms with Crippen LogP contribution < -0.4 is 5.32 Å². The lowest BCUT2D eigenvalue weighted by atomic mass is 10.3. The predicted octanol–water partition coefficient (Wildman–Crippen LogP) is 2.39. The zero-order valence-corrected chi connectivity index (χ0v) is 9.98. The first kappa shape index (κ1) is 10.8. The van der Waals surface area contributed by atoms with Crippen molar-refractivity contribution in [1.29, 1.82) is 0 Å². The number of hydrogen-bond donors (Lipinski definition) is 1. The highest BCUT2D eigenvalue weighted by molar-refractivity contribution is 9.10. The summed E-state index contributed by atoms with van der Waals surface area (Å²) in [6.45, 7) is 1.75. The van der Waals surface area contributed by atoms with E-state index < -0.39 is 0 Å². The summed E-state index contributed by atoms with van der Waals surface area (Å²) >= 11 is 3.25. The van der Waals surface area contributed by atoms with Crippen molar-refractivity contribution in [3.05, 3.63) is 40.3 Å². The van der Waals surface area contributed by atoms with E-state index in [1.54, 1.807) is 31.3 Å². The molecular formula is C10H8BrN3O2. The molecular weight excluding hydrogens is 274 g/mol. The Balaban J connectivity index is 2.18. The van der Waals surface area contributed by atoms with Gasteiger partial charge in [0, 0.05) is 16.7 Å². The number of hydrogen-bond acceptors (Lipinski definition) is 4. The number of pyridine rings is 1. The third-order valence-electron chi connectivity index (χ3n) is 1.84. The van der Waals surface area contributed by atoms with Crippen LogP contribution in [-0.4, -0.2) is 16.0 Å². The van der Waals surface area contributed by atoms with Crippen molar-refractivity contribution >= 4 is 27.7 Å². The van der Waals surface area contributed by atoms with E-state index in [9.17, 15) is 4.79 Å². The van der Waals surface area contributed by atoms with E-state index in [-0.39, 0.29) is 5.91 Å². The molecule has 0 fully saturated rings. The van der Waals surface area contributed by atoms with Crippen LogP contribution in [-0.2, 0) is 0 Å². The highest BCUT2D eigenvalue weighted by Crippen LogP contribution is 2.15. The van der Waals surface area contributed by atoms with Crippen LogP contribution in [0.1, 0.15) is 16.2 Å². The van der Waals surface area contributed by atoms with Crippen LogP contribution in [0.3, 0.4) is 0 Å². The molecule has 5 nitrogen and oxygen atoms in total. The molecule has 0 atom stereocenters. The molecule has 1 amide bonds. The van der Waals surface area contributed by atoms with Gasteiger partial charge in [-0.15, -0.1) is 0 Å². The van der Waals surface area contributed by atoms with Gasteiger partial charge in [-0.05, 0) is 35.0 Å². The van der Waals surface area contributed by atoms with E-state index >= 15 is 0 Å². The molecule has 82 valence electrons. The van der Waals surface area contributed by atoms with Gasteiger partial charge in [-0.1, -0.05) is 5.16 Å². The number of aryl methyl sites for hydroxylation is 1. The molecule has 6 heteroatoms. The SMILES string of the molecule is Cc1cc(NC(=O)c2ncccc2Br)no1. The number of nitrogens with zero attached hydrogens (tertiary/aromatic N) is 2. The van der Waals surface area contributed by atoms with Crippen molar-refractivity contribution in [2.75, 3.05) is 5.32 Å². The Labute approximate surface area is 100.0 Å². The average molecular weight is 282 g/mol. The Kier molecular flexibility index (Phi) is 3.00. The first-order valence-electron chi connectivity index (χ1n) is 4.52. The molecule has 0 radical (unpaired) electrons. The van der Waals surface area contributed by atoms with Gasteiger partial charge in [-0.25, -0.2) is 4.98 Å². The minimum Gasteiger partial charge on any atom is -0.360 e. The number of anilines is 1. The van der Waals surface area contributed by atoms with Gasteiger partial charge in [0.1, 0.15) is 11.5 Å². The smallest absolute Gasteiger partial charge is 0.276 e. The summed E-state index contributed by atoms with van der Waals surface area (Å²) < 4.78 is 5.47. The third kappa shape index (κ3) is 2.27. The van der Waals surface area contributed by atoms with Crippen molar-refractivity contribution in [2.45, 2.75) is 6.92 Å². The number of aromatic nitrogens is 2. The van der Waals surface area contributed by atoms with Gasteiger partial charge >= 0.3 is 0 Å².